The Labute approximate surface area is 186 Å². The maximum Gasteiger partial charge on any atom is 0.228 e. The highest BCUT2D eigenvalue weighted by Gasteiger charge is 2.20. The number of nitrogens with one attached hydrogen (secondary N) is 1. The quantitative estimate of drug-likeness (QED) is 0.530. The molecule has 0 saturated carbocycles. The molecule has 0 aromatic heterocycles. The summed E-state index contributed by atoms with van der Waals surface area (Å²) in [7, 11) is 0. The second-order valence-corrected chi connectivity index (χ2v) is 8.58. The van der Waals surface area contributed by atoms with Gasteiger partial charge >= 0.3 is 0 Å². The molecule has 0 saturated heterocycles. The monoisotopic (exact) mass is 437 g/mol. The normalized spacial score (nSPS) is 13.7. The van der Waals surface area contributed by atoms with E-state index in [0.29, 0.717) is 5.02 Å². The average Bonchev–Trinajstić information content (AvgIpc) is 2.75. The minimum absolute atomic E-state index is 0.0898. The topological polar surface area (TPSA) is 58.4 Å². The number of hydrogen-bond donors (Lipinski definition) is 2. The summed E-state index contributed by atoms with van der Waals surface area (Å²) in [6.07, 6.45) is 1.19. The van der Waals surface area contributed by atoms with E-state index in [2.05, 4.69) is 40.5 Å². The Morgan fingerprint density at radius 3 is 2.63 bits per heavy atom. The number of nitrogens with zero attached hydrogens (tertiary/aromatic N) is 1. The summed E-state index contributed by atoms with van der Waals surface area (Å²) in [5.74, 6) is -0.0898. The fourth-order valence-electron chi connectivity index (χ4n) is 3.89. The molecule has 0 radical (unpaired) electrons. The molecule has 3 N–H and O–H groups in total. The second kappa shape index (κ2) is 9.67. The Morgan fingerprint density at radius 1 is 1.10 bits per heavy atom. The zero-order valence-corrected chi connectivity index (χ0v) is 18.2. The van der Waals surface area contributed by atoms with Gasteiger partial charge in [0.25, 0.3) is 0 Å². The van der Waals surface area contributed by atoms with E-state index in [0.717, 1.165) is 42.2 Å². The highest BCUT2D eigenvalue weighted by atomic mass is 35.5. The number of benzene rings is 3. The number of carbonyl (C=O) groups excluding carboxylic acids is 1. The highest BCUT2D eigenvalue weighted by molar-refractivity contribution is 7.97. The Balaban J connectivity index is 1.49. The van der Waals surface area contributed by atoms with Crippen molar-refractivity contribution in [3.63, 3.8) is 0 Å². The predicted octanol–water partition coefficient (Wildman–Crippen LogP) is 5.05. The van der Waals surface area contributed by atoms with Gasteiger partial charge in [-0.1, -0.05) is 60.1 Å². The van der Waals surface area contributed by atoms with Crippen molar-refractivity contribution < 1.29 is 4.79 Å². The summed E-state index contributed by atoms with van der Waals surface area (Å²) in [6, 6.07) is 22.0. The second-order valence-electron chi connectivity index (χ2n) is 7.49. The third-order valence-electron chi connectivity index (χ3n) is 5.34. The van der Waals surface area contributed by atoms with Crippen LogP contribution in [0.2, 0.25) is 5.02 Å². The molecule has 0 bridgehead atoms. The van der Waals surface area contributed by atoms with Gasteiger partial charge in [-0.25, -0.2) is 0 Å². The van der Waals surface area contributed by atoms with Gasteiger partial charge in [-0.15, -0.1) is 0 Å². The van der Waals surface area contributed by atoms with E-state index in [1.807, 2.05) is 30.3 Å². The van der Waals surface area contributed by atoms with Gasteiger partial charge in [0, 0.05) is 35.2 Å². The van der Waals surface area contributed by atoms with Gasteiger partial charge in [-0.2, -0.15) is 0 Å². The van der Waals surface area contributed by atoms with Gasteiger partial charge in [0.1, 0.15) is 0 Å². The van der Waals surface area contributed by atoms with Gasteiger partial charge < -0.3 is 5.32 Å². The van der Waals surface area contributed by atoms with Crippen LogP contribution in [0.5, 0.6) is 0 Å². The summed E-state index contributed by atoms with van der Waals surface area (Å²) in [6.45, 7) is 2.74. The summed E-state index contributed by atoms with van der Waals surface area (Å²) >= 11 is 7.44. The molecule has 1 amide bonds. The first-order valence-corrected chi connectivity index (χ1v) is 11.2. The Morgan fingerprint density at radius 2 is 1.87 bits per heavy atom. The van der Waals surface area contributed by atoms with E-state index >= 15 is 0 Å². The third kappa shape index (κ3) is 5.05. The summed E-state index contributed by atoms with van der Waals surface area (Å²) in [5.41, 5.74) is 5.41. The van der Waals surface area contributed by atoms with Crippen molar-refractivity contribution in [2.75, 3.05) is 11.9 Å². The van der Waals surface area contributed by atoms with E-state index < -0.39 is 0 Å². The van der Waals surface area contributed by atoms with Crippen molar-refractivity contribution in [1.82, 2.24) is 4.90 Å². The van der Waals surface area contributed by atoms with E-state index in [1.165, 1.54) is 28.6 Å². The van der Waals surface area contributed by atoms with Crippen LogP contribution in [0.3, 0.4) is 0 Å². The number of carbonyl (C=O) groups is 1. The summed E-state index contributed by atoms with van der Waals surface area (Å²) in [5, 5.41) is 9.57. The van der Waals surface area contributed by atoms with E-state index in [-0.39, 0.29) is 12.3 Å². The van der Waals surface area contributed by atoms with Crippen molar-refractivity contribution in [3.05, 3.63) is 94.0 Å². The van der Waals surface area contributed by atoms with Crippen LogP contribution in [0.15, 0.2) is 71.6 Å². The molecule has 0 unspecified atom stereocenters. The van der Waals surface area contributed by atoms with Crippen molar-refractivity contribution in [2.24, 2.45) is 5.14 Å². The van der Waals surface area contributed by atoms with Crippen LogP contribution in [-0.4, -0.2) is 17.4 Å². The number of anilines is 1. The Kier molecular flexibility index (Phi) is 6.75. The molecule has 1 heterocycles. The number of nitrogens with two attached hydrogens (primary N) is 1. The van der Waals surface area contributed by atoms with E-state index in [4.69, 9.17) is 16.7 Å². The van der Waals surface area contributed by atoms with Crippen molar-refractivity contribution >= 4 is 35.1 Å². The van der Waals surface area contributed by atoms with Gasteiger partial charge in [0.05, 0.1) is 6.42 Å². The van der Waals surface area contributed by atoms with Gasteiger partial charge in [0.15, 0.2) is 0 Å². The van der Waals surface area contributed by atoms with Crippen LogP contribution in [-0.2, 0) is 30.7 Å². The molecule has 4 nitrogen and oxygen atoms in total. The van der Waals surface area contributed by atoms with Crippen molar-refractivity contribution in [3.8, 4) is 0 Å². The fourth-order valence-corrected chi connectivity index (χ4v) is 4.66. The van der Waals surface area contributed by atoms with Crippen LogP contribution in [0.1, 0.15) is 22.3 Å². The van der Waals surface area contributed by atoms with Crippen LogP contribution >= 0.6 is 23.5 Å². The molecule has 0 spiro atoms. The first-order chi connectivity index (χ1) is 14.6. The van der Waals surface area contributed by atoms with Crippen molar-refractivity contribution in [2.45, 2.75) is 30.8 Å². The molecule has 154 valence electrons. The maximum absolute atomic E-state index is 12.6. The lowest BCUT2D eigenvalue weighted by atomic mass is 9.98. The van der Waals surface area contributed by atoms with Crippen LogP contribution < -0.4 is 10.5 Å². The average molecular weight is 438 g/mol. The molecule has 3 aromatic rings. The number of rotatable bonds is 6. The largest absolute Gasteiger partial charge is 0.326 e. The lowest BCUT2D eigenvalue weighted by molar-refractivity contribution is -0.115. The maximum atomic E-state index is 12.6. The molecule has 0 atom stereocenters. The minimum atomic E-state index is -0.0898. The molecular formula is C24H24ClN3OS. The van der Waals surface area contributed by atoms with E-state index in [9.17, 15) is 4.79 Å². The molecule has 1 aliphatic heterocycles. The molecule has 30 heavy (non-hydrogen) atoms. The summed E-state index contributed by atoms with van der Waals surface area (Å²) in [4.78, 5) is 16.0. The first kappa shape index (κ1) is 20.9. The Hall–Kier alpha value is -2.31. The van der Waals surface area contributed by atoms with E-state index in [1.54, 1.807) is 6.07 Å². The molecule has 0 aliphatic carbocycles. The van der Waals surface area contributed by atoms with Crippen LogP contribution in [0.25, 0.3) is 0 Å². The minimum Gasteiger partial charge on any atom is -0.326 e. The number of amides is 1. The standard InChI is InChI=1S/C24H24ClN3OS/c25-22-9-5-4-8-18(22)13-24(29)27-20-12-19-16-28(15-17-6-2-1-3-7-17)11-10-21(19)23(14-20)30-26/h1-9,12,14H,10-11,13,15-16,26H2,(H,27,29). The zero-order valence-electron chi connectivity index (χ0n) is 16.6. The molecule has 6 heteroatoms. The molecular weight excluding hydrogens is 414 g/mol. The number of hydrogen-bond acceptors (Lipinski definition) is 4. The van der Waals surface area contributed by atoms with Crippen LogP contribution in [0.4, 0.5) is 5.69 Å². The highest BCUT2D eigenvalue weighted by Crippen LogP contribution is 2.31. The van der Waals surface area contributed by atoms with Crippen LogP contribution in [0, 0.1) is 0 Å². The lowest BCUT2D eigenvalue weighted by Crippen LogP contribution is -2.30. The molecule has 3 aromatic carbocycles. The Bertz CT molecular complexity index is 1040. The van der Waals surface area contributed by atoms with Crippen molar-refractivity contribution in [1.29, 1.82) is 0 Å². The zero-order chi connectivity index (χ0) is 20.9. The third-order valence-corrected chi connectivity index (χ3v) is 6.33. The smallest absolute Gasteiger partial charge is 0.228 e. The SMILES string of the molecule is NSc1cc(NC(=O)Cc2ccccc2Cl)cc2c1CCN(Cc1ccccc1)C2. The molecule has 1 aliphatic rings. The van der Waals surface area contributed by atoms with Gasteiger partial charge in [-0.3, -0.25) is 14.8 Å². The van der Waals surface area contributed by atoms with Gasteiger partial charge in [0.2, 0.25) is 5.91 Å². The van der Waals surface area contributed by atoms with Gasteiger partial charge in [-0.05, 0) is 58.8 Å². The summed E-state index contributed by atoms with van der Waals surface area (Å²) < 4.78 is 0. The molecule has 4 rings (SSSR count). The first-order valence-electron chi connectivity index (χ1n) is 9.94. The predicted molar refractivity (Wildman–Crippen MR) is 125 cm³/mol. The number of fused-ring (bicyclic) bond motifs is 1. The molecule has 0 fully saturated rings. The lowest BCUT2D eigenvalue weighted by Gasteiger charge is -2.30. The number of halogens is 1. The fraction of sp³-hybridized carbons (Fsp3) is 0.208.